The summed E-state index contributed by atoms with van der Waals surface area (Å²) in [6, 6.07) is 14.3. The standard InChI is InChI=1S/C23H23FN6O2/c24-17-4-8-19(9-5-17)30-21(22(26)31)14-20(27-30)23(32)29-11-1-10-28(12-13-29)18-6-2-16(15-25)3-7-18/h2-9,21H,1,10-14H2,(H2,26,31). The molecule has 0 aliphatic carbocycles. The zero-order valence-electron chi connectivity index (χ0n) is 17.4. The Labute approximate surface area is 185 Å². The number of anilines is 2. The normalized spacial score (nSPS) is 18.7. The van der Waals surface area contributed by atoms with E-state index in [0.717, 1.165) is 18.7 Å². The summed E-state index contributed by atoms with van der Waals surface area (Å²) in [5.41, 5.74) is 7.93. The molecule has 1 fully saturated rings. The van der Waals surface area contributed by atoms with E-state index in [1.165, 1.54) is 29.3 Å². The van der Waals surface area contributed by atoms with Crippen LogP contribution < -0.4 is 15.6 Å². The number of nitrogens with two attached hydrogens (primary N) is 1. The Bertz CT molecular complexity index is 1080. The van der Waals surface area contributed by atoms with Gasteiger partial charge in [-0.2, -0.15) is 10.4 Å². The molecule has 2 aliphatic rings. The molecule has 0 spiro atoms. The molecule has 2 aromatic rings. The largest absolute Gasteiger partial charge is 0.370 e. The van der Waals surface area contributed by atoms with Crippen LogP contribution in [0.15, 0.2) is 53.6 Å². The second kappa shape index (κ2) is 9.06. The third-order valence-corrected chi connectivity index (χ3v) is 5.72. The average molecular weight is 434 g/mol. The number of rotatable bonds is 4. The van der Waals surface area contributed by atoms with Gasteiger partial charge < -0.3 is 15.5 Å². The molecule has 2 amide bonds. The van der Waals surface area contributed by atoms with Crippen LogP contribution in [0.2, 0.25) is 0 Å². The molecule has 1 saturated heterocycles. The molecule has 0 radical (unpaired) electrons. The zero-order chi connectivity index (χ0) is 22.7. The van der Waals surface area contributed by atoms with Crippen molar-refractivity contribution in [2.45, 2.75) is 18.9 Å². The van der Waals surface area contributed by atoms with Crippen molar-refractivity contribution < 1.29 is 14.0 Å². The van der Waals surface area contributed by atoms with E-state index in [0.29, 0.717) is 30.9 Å². The van der Waals surface area contributed by atoms with Crippen LogP contribution in [0.5, 0.6) is 0 Å². The lowest BCUT2D eigenvalue weighted by molar-refractivity contribution is -0.124. The van der Waals surface area contributed by atoms with Gasteiger partial charge in [0.25, 0.3) is 5.91 Å². The SMILES string of the molecule is N#Cc1ccc(N2CCCN(C(=O)C3=NN(c4ccc(F)cc4)C(C(N)=O)C3)CC2)cc1. The van der Waals surface area contributed by atoms with E-state index in [9.17, 15) is 14.0 Å². The minimum atomic E-state index is -0.790. The Hall–Kier alpha value is -3.93. The van der Waals surface area contributed by atoms with E-state index in [1.807, 2.05) is 12.1 Å². The fourth-order valence-corrected chi connectivity index (χ4v) is 4.00. The summed E-state index contributed by atoms with van der Waals surface area (Å²) in [7, 11) is 0. The smallest absolute Gasteiger partial charge is 0.270 e. The van der Waals surface area contributed by atoms with Crippen molar-refractivity contribution in [1.29, 1.82) is 5.26 Å². The molecule has 4 rings (SSSR count). The number of carbonyl (C=O) groups excluding carboxylic acids is 2. The van der Waals surface area contributed by atoms with Crippen LogP contribution in [-0.2, 0) is 9.59 Å². The molecule has 0 bridgehead atoms. The third kappa shape index (κ3) is 4.39. The first-order chi connectivity index (χ1) is 15.5. The maximum atomic E-state index is 13.3. The van der Waals surface area contributed by atoms with Gasteiger partial charge in [0.15, 0.2) is 0 Å². The van der Waals surface area contributed by atoms with Gasteiger partial charge in [-0.05, 0) is 55.0 Å². The van der Waals surface area contributed by atoms with Crippen LogP contribution in [0.1, 0.15) is 18.4 Å². The van der Waals surface area contributed by atoms with Gasteiger partial charge in [-0.1, -0.05) is 0 Å². The quantitative estimate of drug-likeness (QED) is 0.791. The molecule has 0 saturated carbocycles. The zero-order valence-corrected chi connectivity index (χ0v) is 17.4. The maximum Gasteiger partial charge on any atom is 0.270 e. The molecule has 164 valence electrons. The number of benzene rings is 2. The van der Waals surface area contributed by atoms with Crippen LogP contribution in [0.4, 0.5) is 15.8 Å². The molecule has 0 aromatic heterocycles. The van der Waals surface area contributed by atoms with Crippen molar-refractivity contribution in [2.24, 2.45) is 10.8 Å². The third-order valence-electron chi connectivity index (χ3n) is 5.72. The molecule has 1 atom stereocenters. The number of hydrogen-bond acceptors (Lipinski definition) is 6. The number of amides is 2. The molecule has 2 heterocycles. The number of primary amides is 1. The first-order valence-corrected chi connectivity index (χ1v) is 10.4. The van der Waals surface area contributed by atoms with Crippen molar-refractivity contribution in [3.8, 4) is 6.07 Å². The van der Waals surface area contributed by atoms with Crippen LogP contribution >= 0.6 is 0 Å². The highest BCUT2D eigenvalue weighted by atomic mass is 19.1. The summed E-state index contributed by atoms with van der Waals surface area (Å²) in [5, 5.41) is 14.8. The fraction of sp³-hybridized carbons (Fsp3) is 0.304. The Morgan fingerprint density at radius 3 is 2.34 bits per heavy atom. The average Bonchev–Trinajstić information content (AvgIpc) is 3.11. The van der Waals surface area contributed by atoms with Crippen LogP contribution in [-0.4, -0.2) is 54.6 Å². The van der Waals surface area contributed by atoms with E-state index in [1.54, 1.807) is 17.0 Å². The monoisotopic (exact) mass is 434 g/mol. The predicted octanol–water partition coefficient (Wildman–Crippen LogP) is 1.86. The van der Waals surface area contributed by atoms with E-state index in [-0.39, 0.29) is 18.0 Å². The Kier molecular flexibility index (Phi) is 6.03. The van der Waals surface area contributed by atoms with E-state index >= 15 is 0 Å². The van der Waals surface area contributed by atoms with Crippen LogP contribution in [0.3, 0.4) is 0 Å². The second-order valence-corrected chi connectivity index (χ2v) is 7.78. The van der Waals surface area contributed by atoms with Gasteiger partial charge in [-0.3, -0.25) is 14.6 Å². The molecule has 9 heteroatoms. The van der Waals surface area contributed by atoms with E-state index in [2.05, 4.69) is 16.1 Å². The number of hydrogen-bond donors (Lipinski definition) is 1. The highest BCUT2D eigenvalue weighted by molar-refractivity contribution is 6.40. The van der Waals surface area contributed by atoms with Crippen molar-refractivity contribution in [3.63, 3.8) is 0 Å². The second-order valence-electron chi connectivity index (χ2n) is 7.78. The molecule has 32 heavy (non-hydrogen) atoms. The van der Waals surface area contributed by atoms with E-state index in [4.69, 9.17) is 11.0 Å². The van der Waals surface area contributed by atoms with Crippen molar-refractivity contribution in [1.82, 2.24) is 4.90 Å². The first kappa shape index (κ1) is 21.3. The minimum absolute atomic E-state index is 0.112. The Morgan fingerprint density at radius 2 is 1.69 bits per heavy atom. The number of nitriles is 1. The van der Waals surface area contributed by atoms with Gasteiger partial charge in [0, 0.05) is 38.3 Å². The number of carbonyl (C=O) groups is 2. The van der Waals surface area contributed by atoms with Gasteiger partial charge in [-0.15, -0.1) is 0 Å². The van der Waals surface area contributed by atoms with Gasteiger partial charge in [0.2, 0.25) is 5.91 Å². The summed E-state index contributed by atoms with van der Waals surface area (Å²) in [4.78, 5) is 29.1. The molecule has 1 unspecified atom stereocenters. The minimum Gasteiger partial charge on any atom is -0.370 e. The highest BCUT2D eigenvalue weighted by Gasteiger charge is 2.36. The Balaban J connectivity index is 1.47. The van der Waals surface area contributed by atoms with Crippen molar-refractivity contribution in [3.05, 3.63) is 59.9 Å². The van der Waals surface area contributed by atoms with Crippen LogP contribution in [0, 0.1) is 17.1 Å². The van der Waals surface area contributed by atoms with Crippen molar-refractivity contribution in [2.75, 3.05) is 36.1 Å². The van der Waals surface area contributed by atoms with Gasteiger partial charge >= 0.3 is 0 Å². The molecular formula is C23H23FN6O2. The van der Waals surface area contributed by atoms with Crippen LogP contribution in [0.25, 0.3) is 0 Å². The topological polar surface area (TPSA) is 106 Å². The van der Waals surface area contributed by atoms with E-state index < -0.39 is 17.8 Å². The molecule has 8 nitrogen and oxygen atoms in total. The summed E-state index contributed by atoms with van der Waals surface area (Å²) in [6.45, 7) is 2.51. The highest BCUT2D eigenvalue weighted by Crippen LogP contribution is 2.26. The summed E-state index contributed by atoms with van der Waals surface area (Å²) < 4.78 is 13.3. The molecule has 2 aromatic carbocycles. The maximum absolute atomic E-state index is 13.3. The van der Waals surface area contributed by atoms with Gasteiger partial charge in [0.05, 0.1) is 17.3 Å². The molecule has 2 aliphatic heterocycles. The summed E-state index contributed by atoms with van der Waals surface area (Å²) in [6.07, 6.45) is 0.890. The summed E-state index contributed by atoms with van der Waals surface area (Å²) >= 11 is 0. The lowest BCUT2D eigenvalue weighted by Crippen LogP contribution is -2.41. The number of halogens is 1. The van der Waals surface area contributed by atoms with Gasteiger partial charge in [-0.25, -0.2) is 4.39 Å². The lowest BCUT2D eigenvalue weighted by Gasteiger charge is -2.23. The number of hydrazone groups is 1. The molecule has 2 N–H and O–H groups in total. The first-order valence-electron chi connectivity index (χ1n) is 10.4. The number of nitrogens with zero attached hydrogens (tertiary/aromatic N) is 5. The molecular weight excluding hydrogens is 411 g/mol. The van der Waals surface area contributed by atoms with Crippen molar-refractivity contribution >= 4 is 28.9 Å². The lowest BCUT2D eigenvalue weighted by atomic mass is 10.1. The Morgan fingerprint density at radius 1 is 1.00 bits per heavy atom. The summed E-state index contributed by atoms with van der Waals surface area (Å²) in [5.74, 6) is -1.22. The van der Waals surface area contributed by atoms with Gasteiger partial charge in [0.1, 0.15) is 17.6 Å². The predicted molar refractivity (Wildman–Crippen MR) is 118 cm³/mol. The fourth-order valence-electron chi connectivity index (χ4n) is 4.00.